The van der Waals surface area contributed by atoms with Crippen LogP contribution in [0.25, 0.3) is 0 Å². The van der Waals surface area contributed by atoms with Crippen LogP contribution in [0.2, 0.25) is 0 Å². The summed E-state index contributed by atoms with van der Waals surface area (Å²) in [7, 11) is 0. The van der Waals surface area contributed by atoms with E-state index in [4.69, 9.17) is 0 Å². The molecule has 0 aliphatic heterocycles. The number of aromatic nitrogens is 2. The Morgan fingerprint density at radius 1 is 1.00 bits per heavy atom. The highest BCUT2D eigenvalue weighted by molar-refractivity contribution is 9.10. The minimum Gasteiger partial charge on any atom is -0.319 e. The highest BCUT2D eigenvalue weighted by atomic mass is 79.9. The van der Waals surface area contributed by atoms with Crippen LogP contribution in [0.1, 0.15) is 85.0 Å². The smallest absolute Gasteiger partial charge is 0.105 e. The molecule has 1 heterocycles. The molecule has 1 aromatic rings. The first kappa shape index (κ1) is 17.7. The SMILES string of the molecule is CCCCCCCC(C)(CCCCC)n1cncc1Br. The Morgan fingerprint density at radius 3 is 2.10 bits per heavy atom. The fraction of sp³-hybridized carbons (Fsp3) is 0.824. The molecule has 1 unspecified atom stereocenters. The summed E-state index contributed by atoms with van der Waals surface area (Å²) in [4.78, 5) is 4.29. The molecule has 2 nitrogen and oxygen atoms in total. The zero-order valence-electron chi connectivity index (χ0n) is 13.5. The standard InChI is InChI=1S/C17H31BrN2/c1-4-6-8-9-11-13-17(3,12-10-7-5-2)20-15-19-14-16(20)18/h14-15H,4-13H2,1-3H3. The number of hydrogen-bond donors (Lipinski definition) is 0. The lowest BCUT2D eigenvalue weighted by molar-refractivity contribution is 0.247. The summed E-state index contributed by atoms with van der Waals surface area (Å²) in [5.41, 5.74) is 0.219. The van der Waals surface area contributed by atoms with E-state index in [-0.39, 0.29) is 5.54 Å². The second kappa shape index (κ2) is 9.59. The molecule has 0 saturated heterocycles. The minimum atomic E-state index is 0.219. The maximum Gasteiger partial charge on any atom is 0.105 e. The van der Waals surface area contributed by atoms with Crippen LogP contribution in [0.3, 0.4) is 0 Å². The first-order valence-electron chi connectivity index (χ1n) is 8.32. The Kier molecular flexibility index (Phi) is 8.51. The van der Waals surface area contributed by atoms with Crippen molar-refractivity contribution in [1.82, 2.24) is 9.55 Å². The van der Waals surface area contributed by atoms with Crippen LogP contribution in [0.5, 0.6) is 0 Å². The molecular formula is C17H31BrN2. The topological polar surface area (TPSA) is 17.8 Å². The monoisotopic (exact) mass is 342 g/mol. The predicted molar refractivity (Wildman–Crippen MR) is 91.1 cm³/mol. The van der Waals surface area contributed by atoms with Gasteiger partial charge < -0.3 is 4.57 Å². The molecule has 0 aliphatic carbocycles. The number of nitrogens with zero attached hydrogens (tertiary/aromatic N) is 2. The van der Waals surface area contributed by atoms with E-state index in [1.807, 2.05) is 12.5 Å². The molecule has 0 bridgehead atoms. The van der Waals surface area contributed by atoms with Crippen LogP contribution in [0, 0.1) is 0 Å². The highest BCUT2D eigenvalue weighted by Gasteiger charge is 2.26. The van der Waals surface area contributed by atoms with Crippen LogP contribution in [-0.4, -0.2) is 9.55 Å². The molecule has 20 heavy (non-hydrogen) atoms. The van der Waals surface area contributed by atoms with Gasteiger partial charge in [0, 0.05) is 5.54 Å². The van der Waals surface area contributed by atoms with Crippen molar-refractivity contribution >= 4 is 15.9 Å². The van der Waals surface area contributed by atoms with Crippen LogP contribution in [0.15, 0.2) is 17.1 Å². The fourth-order valence-electron chi connectivity index (χ4n) is 2.91. The van der Waals surface area contributed by atoms with Gasteiger partial charge in [0.25, 0.3) is 0 Å². The zero-order chi connectivity index (χ0) is 14.8. The van der Waals surface area contributed by atoms with Gasteiger partial charge in [-0.2, -0.15) is 0 Å². The van der Waals surface area contributed by atoms with Gasteiger partial charge in [-0.3, -0.25) is 0 Å². The van der Waals surface area contributed by atoms with E-state index < -0.39 is 0 Å². The number of halogens is 1. The average Bonchev–Trinajstić information content (AvgIpc) is 2.86. The van der Waals surface area contributed by atoms with E-state index in [1.54, 1.807) is 0 Å². The first-order valence-corrected chi connectivity index (χ1v) is 9.11. The summed E-state index contributed by atoms with van der Waals surface area (Å²) in [5.74, 6) is 0. The Morgan fingerprint density at radius 2 is 1.55 bits per heavy atom. The predicted octanol–water partition coefficient (Wildman–Crippen LogP) is 6.30. The van der Waals surface area contributed by atoms with Gasteiger partial charge in [0.15, 0.2) is 0 Å². The number of imidazole rings is 1. The van der Waals surface area contributed by atoms with E-state index in [0.29, 0.717) is 0 Å². The van der Waals surface area contributed by atoms with Crippen molar-refractivity contribution < 1.29 is 0 Å². The third-order valence-electron chi connectivity index (χ3n) is 4.31. The van der Waals surface area contributed by atoms with Crippen molar-refractivity contribution in [3.05, 3.63) is 17.1 Å². The van der Waals surface area contributed by atoms with Gasteiger partial charge in [-0.15, -0.1) is 0 Å². The first-order chi connectivity index (χ1) is 9.64. The van der Waals surface area contributed by atoms with Gasteiger partial charge in [-0.25, -0.2) is 4.98 Å². The Bertz CT molecular complexity index is 362. The van der Waals surface area contributed by atoms with Crippen LogP contribution in [-0.2, 0) is 5.54 Å². The van der Waals surface area contributed by atoms with E-state index in [0.717, 1.165) is 4.60 Å². The summed E-state index contributed by atoms with van der Waals surface area (Å²) < 4.78 is 3.45. The maximum absolute atomic E-state index is 4.29. The molecule has 3 heteroatoms. The Labute approximate surface area is 133 Å². The van der Waals surface area contributed by atoms with Crippen LogP contribution < -0.4 is 0 Å². The number of unbranched alkanes of at least 4 members (excludes halogenated alkanes) is 6. The van der Waals surface area contributed by atoms with Crippen molar-refractivity contribution in [3.8, 4) is 0 Å². The van der Waals surface area contributed by atoms with Gasteiger partial charge in [0.05, 0.1) is 12.5 Å². The maximum atomic E-state index is 4.29. The normalized spacial score (nSPS) is 14.4. The van der Waals surface area contributed by atoms with Crippen molar-refractivity contribution in [2.24, 2.45) is 0 Å². The molecule has 0 radical (unpaired) electrons. The highest BCUT2D eigenvalue weighted by Crippen LogP contribution is 2.32. The summed E-state index contributed by atoms with van der Waals surface area (Å²) in [6.07, 6.45) is 17.1. The van der Waals surface area contributed by atoms with Gasteiger partial charge in [-0.05, 0) is 35.7 Å². The van der Waals surface area contributed by atoms with Gasteiger partial charge in [0.1, 0.15) is 4.60 Å². The molecule has 0 spiro atoms. The molecule has 1 atom stereocenters. The van der Waals surface area contributed by atoms with E-state index in [2.05, 4.69) is 46.3 Å². The quantitative estimate of drug-likeness (QED) is 0.431. The third-order valence-corrected chi connectivity index (χ3v) is 4.90. The second-order valence-corrected chi connectivity index (χ2v) is 7.02. The van der Waals surface area contributed by atoms with Gasteiger partial charge in [0.2, 0.25) is 0 Å². The molecule has 0 amide bonds. The summed E-state index contributed by atoms with van der Waals surface area (Å²) in [5, 5.41) is 0. The summed E-state index contributed by atoms with van der Waals surface area (Å²) in [6.45, 7) is 6.95. The molecule has 0 fully saturated rings. The molecule has 0 aromatic carbocycles. The number of hydrogen-bond acceptors (Lipinski definition) is 1. The Hall–Kier alpha value is -0.310. The second-order valence-electron chi connectivity index (χ2n) is 6.20. The molecule has 1 rings (SSSR count). The molecule has 0 saturated carbocycles. The minimum absolute atomic E-state index is 0.219. The molecule has 1 aromatic heterocycles. The fourth-order valence-corrected chi connectivity index (χ4v) is 3.55. The van der Waals surface area contributed by atoms with Gasteiger partial charge >= 0.3 is 0 Å². The van der Waals surface area contributed by atoms with E-state index in [9.17, 15) is 0 Å². The van der Waals surface area contributed by atoms with Crippen molar-refractivity contribution in [3.63, 3.8) is 0 Å². The average molecular weight is 343 g/mol. The zero-order valence-corrected chi connectivity index (χ0v) is 15.1. The molecule has 0 N–H and O–H groups in total. The van der Waals surface area contributed by atoms with Crippen molar-refractivity contribution in [2.45, 2.75) is 90.5 Å². The lowest BCUT2D eigenvalue weighted by Gasteiger charge is -2.32. The van der Waals surface area contributed by atoms with Crippen molar-refractivity contribution in [1.29, 1.82) is 0 Å². The molecule has 116 valence electrons. The van der Waals surface area contributed by atoms with E-state index in [1.165, 1.54) is 64.2 Å². The Balaban J connectivity index is 2.57. The number of rotatable bonds is 11. The molecular weight excluding hydrogens is 312 g/mol. The lowest BCUT2D eigenvalue weighted by Crippen LogP contribution is -2.30. The van der Waals surface area contributed by atoms with Crippen LogP contribution in [0.4, 0.5) is 0 Å². The van der Waals surface area contributed by atoms with Crippen molar-refractivity contribution in [2.75, 3.05) is 0 Å². The van der Waals surface area contributed by atoms with E-state index >= 15 is 0 Å². The summed E-state index contributed by atoms with van der Waals surface area (Å²) >= 11 is 3.65. The third kappa shape index (κ3) is 5.59. The summed E-state index contributed by atoms with van der Waals surface area (Å²) in [6, 6.07) is 0. The lowest BCUT2D eigenvalue weighted by atomic mass is 9.88. The van der Waals surface area contributed by atoms with Crippen LogP contribution >= 0.6 is 15.9 Å². The molecule has 0 aliphatic rings. The van der Waals surface area contributed by atoms with Gasteiger partial charge in [-0.1, -0.05) is 65.2 Å². The largest absolute Gasteiger partial charge is 0.319 e.